The molecule has 0 unspecified atom stereocenters. The molecule has 6 nitrogen and oxygen atoms in total. The highest BCUT2D eigenvalue weighted by atomic mass is 16.6. The number of hydrogen-bond donors (Lipinski definition) is 2. The van der Waals surface area contributed by atoms with Gasteiger partial charge in [0.2, 0.25) is 0 Å². The van der Waals surface area contributed by atoms with Crippen LogP contribution in [-0.2, 0) is 6.42 Å². The average Bonchev–Trinajstić information content (AvgIpc) is 2.47. The van der Waals surface area contributed by atoms with Crippen molar-refractivity contribution < 1.29 is 9.72 Å². The highest BCUT2D eigenvalue weighted by Gasteiger charge is 2.19. The van der Waals surface area contributed by atoms with Crippen LogP contribution in [0.3, 0.4) is 0 Å². The molecule has 1 aliphatic rings. The fourth-order valence-electron chi connectivity index (χ4n) is 2.42. The van der Waals surface area contributed by atoms with Gasteiger partial charge in [-0.05, 0) is 31.9 Å². The Labute approximate surface area is 117 Å². The molecule has 1 aliphatic heterocycles. The van der Waals surface area contributed by atoms with E-state index >= 15 is 0 Å². The van der Waals surface area contributed by atoms with Crippen molar-refractivity contribution in [3.63, 3.8) is 0 Å². The summed E-state index contributed by atoms with van der Waals surface area (Å²) in [5, 5.41) is 17.1. The normalized spacial score (nSPS) is 18.6. The second-order valence-corrected chi connectivity index (χ2v) is 4.97. The summed E-state index contributed by atoms with van der Waals surface area (Å²) in [7, 11) is 0. The topological polar surface area (TPSA) is 84.3 Å². The lowest BCUT2D eigenvalue weighted by atomic mass is 10.0. The number of rotatable bonds is 4. The van der Waals surface area contributed by atoms with Gasteiger partial charge in [-0.25, -0.2) is 0 Å². The van der Waals surface area contributed by atoms with Crippen LogP contribution < -0.4 is 10.6 Å². The van der Waals surface area contributed by atoms with Crippen LogP contribution in [0.5, 0.6) is 0 Å². The maximum absolute atomic E-state index is 12.1. The number of carbonyl (C=O) groups excluding carboxylic acids is 1. The van der Waals surface area contributed by atoms with E-state index in [2.05, 4.69) is 10.6 Å². The van der Waals surface area contributed by atoms with Gasteiger partial charge in [-0.1, -0.05) is 13.0 Å². The van der Waals surface area contributed by atoms with Crippen molar-refractivity contribution in [2.75, 3.05) is 13.1 Å². The molecule has 0 aliphatic carbocycles. The van der Waals surface area contributed by atoms with Crippen LogP contribution in [0.1, 0.15) is 35.7 Å². The second kappa shape index (κ2) is 6.47. The predicted octanol–water partition coefficient (Wildman–Crippen LogP) is 1.64. The molecule has 2 N–H and O–H groups in total. The molecule has 2 rings (SSSR count). The van der Waals surface area contributed by atoms with Gasteiger partial charge in [0.1, 0.15) is 0 Å². The fraction of sp³-hybridized carbons (Fsp3) is 0.500. The smallest absolute Gasteiger partial charge is 0.273 e. The molecule has 1 atom stereocenters. The SMILES string of the molecule is CCc1ccc(C(=O)N[C@H]2CCCNC2)cc1[N+](=O)[O-]. The molecule has 20 heavy (non-hydrogen) atoms. The Bertz CT molecular complexity index is 510. The van der Waals surface area contributed by atoms with Crippen molar-refractivity contribution >= 4 is 11.6 Å². The molecule has 1 heterocycles. The zero-order valence-electron chi connectivity index (χ0n) is 11.5. The van der Waals surface area contributed by atoms with E-state index in [1.165, 1.54) is 6.07 Å². The Hall–Kier alpha value is -1.95. The minimum atomic E-state index is -0.433. The van der Waals surface area contributed by atoms with Crippen molar-refractivity contribution in [2.45, 2.75) is 32.2 Å². The molecule has 0 spiro atoms. The van der Waals surface area contributed by atoms with E-state index in [4.69, 9.17) is 0 Å². The Morgan fingerprint density at radius 1 is 1.55 bits per heavy atom. The van der Waals surface area contributed by atoms with E-state index in [1.807, 2.05) is 6.92 Å². The zero-order valence-corrected chi connectivity index (χ0v) is 11.5. The van der Waals surface area contributed by atoms with Crippen LogP contribution in [0.4, 0.5) is 5.69 Å². The first-order chi connectivity index (χ1) is 9.61. The Kier molecular flexibility index (Phi) is 4.68. The minimum Gasteiger partial charge on any atom is -0.348 e. The number of benzene rings is 1. The fourth-order valence-corrected chi connectivity index (χ4v) is 2.42. The summed E-state index contributed by atoms with van der Waals surface area (Å²) in [4.78, 5) is 22.7. The van der Waals surface area contributed by atoms with E-state index in [0.29, 0.717) is 17.5 Å². The van der Waals surface area contributed by atoms with Gasteiger partial charge in [-0.2, -0.15) is 0 Å². The average molecular weight is 277 g/mol. The van der Waals surface area contributed by atoms with Crippen molar-refractivity contribution in [3.8, 4) is 0 Å². The van der Waals surface area contributed by atoms with Crippen molar-refractivity contribution in [1.29, 1.82) is 0 Å². The van der Waals surface area contributed by atoms with Crippen molar-refractivity contribution in [1.82, 2.24) is 10.6 Å². The number of carbonyl (C=O) groups is 1. The molecule has 0 aromatic heterocycles. The van der Waals surface area contributed by atoms with Gasteiger partial charge in [0.05, 0.1) is 4.92 Å². The first-order valence-electron chi connectivity index (χ1n) is 6.90. The summed E-state index contributed by atoms with van der Waals surface area (Å²) < 4.78 is 0. The van der Waals surface area contributed by atoms with Crippen molar-refractivity contribution in [3.05, 3.63) is 39.4 Å². The maximum Gasteiger partial charge on any atom is 0.273 e. The number of nitrogens with one attached hydrogen (secondary N) is 2. The van der Waals surface area contributed by atoms with Crippen molar-refractivity contribution in [2.24, 2.45) is 0 Å². The summed E-state index contributed by atoms with van der Waals surface area (Å²) in [5.41, 5.74) is 1.01. The molecule has 108 valence electrons. The van der Waals surface area contributed by atoms with E-state index in [9.17, 15) is 14.9 Å². The number of nitro groups is 1. The van der Waals surface area contributed by atoms with Gasteiger partial charge < -0.3 is 10.6 Å². The number of nitrogens with zero attached hydrogens (tertiary/aromatic N) is 1. The molecule has 0 saturated carbocycles. The molecule has 1 aromatic carbocycles. The Morgan fingerprint density at radius 2 is 2.35 bits per heavy atom. The van der Waals surface area contributed by atoms with Gasteiger partial charge in [0.15, 0.2) is 0 Å². The van der Waals surface area contributed by atoms with Gasteiger partial charge in [-0.15, -0.1) is 0 Å². The summed E-state index contributed by atoms with van der Waals surface area (Å²) in [6.45, 7) is 3.58. The quantitative estimate of drug-likeness (QED) is 0.647. The van der Waals surface area contributed by atoms with E-state index in [1.54, 1.807) is 12.1 Å². The number of nitro benzene ring substituents is 1. The molecule has 1 aromatic rings. The number of piperidine rings is 1. The molecule has 1 fully saturated rings. The van der Waals surface area contributed by atoms with Gasteiger partial charge >= 0.3 is 0 Å². The van der Waals surface area contributed by atoms with Gasteiger partial charge in [0.25, 0.3) is 11.6 Å². The Morgan fingerprint density at radius 3 is 2.95 bits per heavy atom. The minimum absolute atomic E-state index is 0.0157. The highest BCUT2D eigenvalue weighted by Crippen LogP contribution is 2.21. The van der Waals surface area contributed by atoms with E-state index < -0.39 is 4.92 Å². The van der Waals surface area contributed by atoms with Crippen LogP contribution in [-0.4, -0.2) is 30.0 Å². The van der Waals surface area contributed by atoms with Gasteiger partial charge in [-0.3, -0.25) is 14.9 Å². The second-order valence-electron chi connectivity index (χ2n) is 4.97. The van der Waals surface area contributed by atoms with Crippen LogP contribution in [0.2, 0.25) is 0 Å². The lowest BCUT2D eigenvalue weighted by Crippen LogP contribution is -2.45. The predicted molar refractivity (Wildman–Crippen MR) is 75.8 cm³/mol. The van der Waals surface area contributed by atoms with Gasteiger partial charge in [0, 0.05) is 29.8 Å². The lowest BCUT2D eigenvalue weighted by Gasteiger charge is -2.23. The molecular weight excluding hydrogens is 258 g/mol. The largest absolute Gasteiger partial charge is 0.348 e. The monoisotopic (exact) mass is 277 g/mol. The molecule has 1 saturated heterocycles. The maximum atomic E-state index is 12.1. The molecule has 0 bridgehead atoms. The third-order valence-corrected chi connectivity index (χ3v) is 3.56. The molecule has 1 amide bonds. The summed E-state index contributed by atoms with van der Waals surface area (Å²) >= 11 is 0. The third kappa shape index (κ3) is 3.33. The molecule has 6 heteroatoms. The highest BCUT2D eigenvalue weighted by molar-refractivity contribution is 5.95. The molecule has 0 radical (unpaired) electrons. The van der Waals surface area contributed by atoms with E-state index in [-0.39, 0.29) is 17.6 Å². The first-order valence-corrected chi connectivity index (χ1v) is 6.90. The summed E-state index contributed by atoms with van der Waals surface area (Å²) in [6.07, 6.45) is 2.54. The molecular formula is C14H19N3O3. The first kappa shape index (κ1) is 14.5. The van der Waals surface area contributed by atoms with Crippen LogP contribution in [0.15, 0.2) is 18.2 Å². The summed E-state index contributed by atoms with van der Waals surface area (Å²) in [6, 6.07) is 4.77. The zero-order chi connectivity index (χ0) is 14.5. The third-order valence-electron chi connectivity index (χ3n) is 3.56. The van der Waals surface area contributed by atoms with E-state index in [0.717, 1.165) is 25.9 Å². The summed E-state index contributed by atoms with van der Waals surface area (Å²) in [5.74, 6) is -0.246. The van der Waals surface area contributed by atoms with Crippen LogP contribution in [0, 0.1) is 10.1 Å². The number of hydrogen-bond acceptors (Lipinski definition) is 4. The van der Waals surface area contributed by atoms with Crippen LogP contribution >= 0.6 is 0 Å². The number of amides is 1. The Balaban J connectivity index is 2.13. The van der Waals surface area contributed by atoms with Crippen LogP contribution in [0.25, 0.3) is 0 Å². The number of aryl methyl sites for hydroxylation is 1. The lowest BCUT2D eigenvalue weighted by molar-refractivity contribution is -0.385. The standard InChI is InChI=1S/C14H19N3O3/c1-2-10-5-6-11(8-13(10)17(19)20)14(18)16-12-4-3-7-15-9-12/h5-6,8,12,15H,2-4,7,9H2,1H3,(H,16,18)/t12-/m0/s1.